The minimum atomic E-state index is -0.0700. The largest absolute Gasteiger partial charge is 0.475 e. The Kier molecular flexibility index (Phi) is 5.45. The monoisotopic (exact) mass is 384 g/mol. The van der Waals surface area contributed by atoms with Crippen LogP contribution in [0, 0.1) is 0 Å². The molecule has 1 heterocycles. The lowest BCUT2D eigenvalue weighted by Crippen LogP contribution is -2.23. The van der Waals surface area contributed by atoms with E-state index in [0.29, 0.717) is 12.3 Å². The molecular weight excluding hydrogens is 360 g/mol. The van der Waals surface area contributed by atoms with Gasteiger partial charge in [-0.3, -0.25) is 14.3 Å². The predicted octanol–water partition coefficient (Wildman–Crippen LogP) is 5.28. The molecule has 0 aliphatic rings. The second-order valence-corrected chi connectivity index (χ2v) is 7.01. The van der Waals surface area contributed by atoms with Crippen LogP contribution in [0.2, 0.25) is 0 Å². The molecular formula is C25H24N2O2. The van der Waals surface area contributed by atoms with E-state index < -0.39 is 0 Å². The molecule has 29 heavy (non-hydrogen) atoms. The Morgan fingerprint density at radius 1 is 0.897 bits per heavy atom. The van der Waals surface area contributed by atoms with Crippen molar-refractivity contribution >= 4 is 16.8 Å². The smallest absolute Gasteiger partial charge is 0.262 e. The summed E-state index contributed by atoms with van der Waals surface area (Å²) in [7, 11) is 2.01. The van der Waals surface area contributed by atoms with E-state index in [0.717, 1.165) is 34.5 Å². The Bertz CT molecular complexity index is 1120. The maximum Gasteiger partial charge on any atom is 0.262 e. The number of nitrogens with zero attached hydrogens (tertiary/aromatic N) is 2. The van der Waals surface area contributed by atoms with Crippen molar-refractivity contribution in [1.82, 2.24) is 9.47 Å². The lowest BCUT2D eigenvalue weighted by Gasteiger charge is -2.16. The molecule has 146 valence electrons. The molecule has 0 radical (unpaired) electrons. The zero-order valence-corrected chi connectivity index (χ0v) is 16.7. The zero-order valence-electron chi connectivity index (χ0n) is 16.7. The molecule has 4 aromatic rings. The molecule has 0 atom stereocenters. The molecule has 0 saturated carbocycles. The number of hydrogen-bond donors (Lipinski definition) is 0. The molecule has 0 unspecified atom stereocenters. The standard InChI is InChI=1S/C25H24N2O2/c1-3-26(2)18-29-24-21-16-10-11-17-22(21)27(23(24)19-12-6-4-7-13-19)25(28)20-14-8-5-9-15-20/h4-17H,3,18H2,1-2H3. The Hall–Kier alpha value is -3.37. The topological polar surface area (TPSA) is 34.5 Å². The number of carbonyl (C=O) groups is 1. The van der Waals surface area contributed by atoms with E-state index in [4.69, 9.17) is 4.74 Å². The molecule has 0 fully saturated rings. The van der Waals surface area contributed by atoms with Crippen LogP contribution in [0.5, 0.6) is 5.75 Å². The normalized spacial score (nSPS) is 11.1. The molecule has 4 heteroatoms. The van der Waals surface area contributed by atoms with Gasteiger partial charge >= 0.3 is 0 Å². The number of para-hydroxylation sites is 1. The van der Waals surface area contributed by atoms with Gasteiger partial charge in [0.2, 0.25) is 0 Å². The quantitative estimate of drug-likeness (QED) is 0.424. The third kappa shape index (κ3) is 3.67. The van der Waals surface area contributed by atoms with E-state index in [2.05, 4.69) is 11.8 Å². The Balaban J connectivity index is 1.97. The molecule has 0 amide bonds. The van der Waals surface area contributed by atoms with Gasteiger partial charge in [0.1, 0.15) is 6.73 Å². The minimum Gasteiger partial charge on any atom is -0.475 e. The minimum absolute atomic E-state index is 0.0700. The number of aromatic nitrogens is 1. The summed E-state index contributed by atoms with van der Waals surface area (Å²) in [4.78, 5) is 15.6. The number of benzene rings is 3. The van der Waals surface area contributed by atoms with Crippen LogP contribution in [0.1, 0.15) is 17.3 Å². The summed E-state index contributed by atoms with van der Waals surface area (Å²) in [5.74, 6) is 0.663. The first-order valence-corrected chi connectivity index (χ1v) is 9.80. The second kappa shape index (κ2) is 8.33. The van der Waals surface area contributed by atoms with Crippen molar-refractivity contribution in [3.8, 4) is 17.0 Å². The van der Waals surface area contributed by atoms with Crippen LogP contribution < -0.4 is 4.74 Å². The molecule has 4 nitrogen and oxygen atoms in total. The zero-order chi connectivity index (χ0) is 20.2. The van der Waals surface area contributed by atoms with Gasteiger partial charge in [-0.2, -0.15) is 0 Å². The van der Waals surface area contributed by atoms with Crippen molar-refractivity contribution in [2.24, 2.45) is 0 Å². The average Bonchev–Trinajstić information content (AvgIpc) is 3.12. The molecule has 0 aliphatic carbocycles. The van der Waals surface area contributed by atoms with Gasteiger partial charge in [0.15, 0.2) is 5.75 Å². The van der Waals surface area contributed by atoms with Crippen LogP contribution in [0.25, 0.3) is 22.2 Å². The average molecular weight is 384 g/mol. The highest BCUT2D eigenvalue weighted by atomic mass is 16.5. The first-order valence-electron chi connectivity index (χ1n) is 9.80. The molecule has 0 N–H and O–H groups in total. The van der Waals surface area contributed by atoms with Gasteiger partial charge in [0.25, 0.3) is 5.91 Å². The SMILES string of the molecule is CCN(C)COc1c(-c2ccccc2)n(C(=O)c2ccccc2)c2ccccc12. The van der Waals surface area contributed by atoms with Crippen LogP contribution in [0.3, 0.4) is 0 Å². The van der Waals surface area contributed by atoms with Crippen LogP contribution in [-0.4, -0.2) is 35.7 Å². The van der Waals surface area contributed by atoms with E-state index in [1.807, 2.05) is 92.0 Å². The summed E-state index contributed by atoms with van der Waals surface area (Å²) in [6.07, 6.45) is 0. The predicted molar refractivity (Wildman–Crippen MR) is 117 cm³/mol. The number of hydrogen-bond acceptors (Lipinski definition) is 3. The van der Waals surface area contributed by atoms with Crippen molar-refractivity contribution in [2.75, 3.05) is 20.3 Å². The highest BCUT2D eigenvalue weighted by Gasteiger charge is 2.24. The maximum absolute atomic E-state index is 13.6. The van der Waals surface area contributed by atoms with Crippen LogP contribution >= 0.6 is 0 Å². The summed E-state index contributed by atoms with van der Waals surface area (Å²) in [5, 5.41) is 0.931. The van der Waals surface area contributed by atoms with E-state index >= 15 is 0 Å². The van der Waals surface area contributed by atoms with E-state index in [-0.39, 0.29) is 5.91 Å². The van der Waals surface area contributed by atoms with Gasteiger partial charge in [-0.25, -0.2) is 0 Å². The Morgan fingerprint density at radius 2 is 1.52 bits per heavy atom. The number of fused-ring (bicyclic) bond motifs is 1. The van der Waals surface area contributed by atoms with E-state index in [9.17, 15) is 4.79 Å². The van der Waals surface area contributed by atoms with Gasteiger partial charge in [0, 0.05) is 16.5 Å². The van der Waals surface area contributed by atoms with Crippen molar-refractivity contribution in [3.63, 3.8) is 0 Å². The van der Waals surface area contributed by atoms with Gasteiger partial charge in [-0.05, 0) is 37.9 Å². The highest BCUT2D eigenvalue weighted by molar-refractivity contribution is 6.09. The van der Waals surface area contributed by atoms with Crippen LogP contribution in [-0.2, 0) is 0 Å². The molecule has 4 rings (SSSR count). The van der Waals surface area contributed by atoms with E-state index in [1.165, 1.54) is 0 Å². The lowest BCUT2D eigenvalue weighted by molar-refractivity contribution is 0.0965. The molecule has 0 saturated heterocycles. The second-order valence-electron chi connectivity index (χ2n) is 7.01. The van der Waals surface area contributed by atoms with Gasteiger partial charge in [0.05, 0.1) is 11.2 Å². The summed E-state index contributed by atoms with van der Waals surface area (Å²) >= 11 is 0. The summed E-state index contributed by atoms with van der Waals surface area (Å²) < 4.78 is 8.06. The van der Waals surface area contributed by atoms with E-state index in [1.54, 1.807) is 4.57 Å². The number of carbonyl (C=O) groups excluding carboxylic acids is 1. The van der Waals surface area contributed by atoms with Gasteiger partial charge in [-0.1, -0.05) is 67.6 Å². The third-order valence-electron chi connectivity index (χ3n) is 5.07. The van der Waals surface area contributed by atoms with Crippen molar-refractivity contribution < 1.29 is 9.53 Å². The molecule has 1 aromatic heterocycles. The van der Waals surface area contributed by atoms with Crippen molar-refractivity contribution in [1.29, 1.82) is 0 Å². The molecule has 3 aromatic carbocycles. The molecule has 0 spiro atoms. The summed E-state index contributed by atoms with van der Waals surface area (Å²) in [5.41, 5.74) is 3.21. The van der Waals surface area contributed by atoms with Gasteiger partial charge in [-0.15, -0.1) is 0 Å². The first-order chi connectivity index (χ1) is 14.2. The van der Waals surface area contributed by atoms with Gasteiger partial charge < -0.3 is 4.74 Å². The summed E-state index contributed by atoms with van der Waals surface area (Å²) in [6, 6.07) is 27.2. The maximum atomic E-state index is 13.6. The third-order valence-corrected chi connectivity index (χ3v) is 5.07. The van der Waals surface area contributed by atoms with Crippen LogP contribution in [0.15, 0.2) is 84.9 Å². The molecule has 0 bridgehead atoms. The fraction of sp³-hybridized carbons (Fsp3) is 0.160. The van der Waals surface area contributed by atoms with Crippen LogP contribution in [0.4, 0.5) is 0 Å². The fourth-order valence-electron chi connectivity index (χ4n) is 3.40. The Labute approximate surface area is 171 Å². The number of ether oxygens (including phenoxy) is 1. The lowest BCUT2D eigenvalue weighted by atomic mass is 10.1. The molecule has 0 aliphatic heterocycles. The number of rotatable bonds is 6. The highest BCUT2D eigenvalue weighted by Crippen LogP contribution is 2.40. The summed E-state index contributed by atoms with van der Waals surface area (Å²) in [6.45, 7) is 3.41. The Morgan fingerprint density at radius 3 is 2.21 bits per heavy atom. The van der Waals surface area contributed by atoms with Crippen molar-refractivity contribution in [2.45, 2.75) is 6.92 Å². The fourth-order valence-corrected chi connectivity index (χ4v) is 3.40. The first kappa shape index (κ1) is 19.0. The van der Waals surface area contributed by atoms with Crippen molar-refractivity contribution in [3.05, 3.63) is 90.5 Å².